The van der Waals surface area contributed by atoms with Crippen LogP contribution >= 0.6 is 0 Å². The number of amides is 1. The molecule has 0 aliphatic rings. The second kappa shape index (κ2) is 5.94. The van der Waals surface area contributed by atoms with Gasteiger partial charge >= 0.3 is 0 Å². The number of halogens is 2. The third kappa shape index (κ3) is 3.52. The van der Waals surface area contributed by atoms with Gasteiger partial charge in [0.1, 0.15) is 11.6 Å². The molecule has 0 saturated carbocycles. The fourth-order valence-corrected chi connectivity index (χ4v) is 2.09. The molecule has 0 aliphatic heterocycles. The van der Waals surface area contributed by atoms with E-state index in [1.165, 1.54) is 12.1 Å². The smallest absolute Gasteiger partial charge is 0.227 e. The maximum atomic E-state index is 13.5. The summed E-state index contributed by atoms with van der Waals surface area (Å²) >= 11 is 0. The summed E-state index contributed by atoms with van der Waals surface area (Å²) in [5.41, 5.74) is 0.229. The van der Waals surface area contributed by atoms with Crippen LogP contribution in [0, 0.1) is 11.6 Å². The summed E-state index contributed by atoms with van der Waals surface area (Å²) in [6, 6.07) is 3.40. The molecule has 0 atom stereocenters. The lowest BCUT2D eigenvalue weighted by molar-refractivity contribution is -0.134. The molecule has 2 nitrogen and oxygen atoms in total. The zero-order chi connectivity index (χ0) is 13.9. The molecule has 0 N–H and O–H groups in total. The lowest BCUT2D eigenvalue weighted by atomic mass is 10.1. The lowest BCUT2D eigenvalue weighted by Gasteiger charge is -2.31. The van der Waals surface area contributed by atoms with Crippen molar-refractivity contribution in [3.8, 4) is 0 Å². The summed E-state index contributed by atoms with van der Waals surface area (Å²) in [5.74, 6) is -1.45. The van der Waals surface area contributed by atoms with E-state index in [1.807, 2.05) is 27.7 Å². The maximum Gasteiger partial charge on any atom is 0.227 e. The number of carbonyl (C=O) groups is 1. The highest BCUT2D eigenvalue weighted by molar-refractivity contribution is 5.79. The molecule has 1 aromatic rings. The number of benzene rings is 1. The minimum Gasteiger partial charge on any atom is -0.338 e. The zero-order valence-electron chi connectivity index (χ0n) is 11.2. The van der Waals surface area contributed by atoms with Crippen LogP contribution in [-0.2, 0) is 11.2 Å². The van der Waals surface area contributed by atoms with Crippen LogP contribution in [0.15, 0.2) is 18.2 Å². The fraction of sp³-hybridized carbons (Fsp3) is 0.500. The Hall–Kier alpha value is -1.45. The van der Waals surface area contributed by atoms with E-state index in [0.717, 1.165) is 6.07 Å². The van der Waals surface area contributed by atoms with Crippen LogP contribution in [0.2, 0.25) is 0 Å². The van der Waals surface area contributed by atoms with Crippen molar-refractivity contribution in [2.45, 2.75) is 46.2 Å². The standard InChI is InChI=1S/C14H19F2NO/c1-9(2)17(10(3)4)14(18)7-11-5-6-12(15)8-13(11)16/h5-6,8-10H,7H2,1-4H3. The third-order valence-electron chi connectivity index (χ3n) is 2.76. The van der Waals surface area contributed by atoms with Crippen molar-refractivity contribution in [3.05, 3.63) is 35.4 Å². The highest BCUT2D eigenvalue weighted by Gasteiger charge is 2.21. The van der Waals surface area contributed by atoms with Crippen molar-refractivity contribution < 1.29 is 13.6 Å². The summed E-state index contributed by atoms with van der Waals surface area (Å²) in [5, 5.41) is 0. The van der Waals surface area contributed by atoms with Gasteiger partial charge in [0.2, 0.25) is 5.91 Å². The lowest BCUT2D eigenvalue weighted by Crippen LogP contribution is -2.42. The number of hydrogen-bond acceptors (Lipinski definition) is 1. The Bertz CT molecular complexity index is 422. The van der Waals surface area contributed by atoms with Gasteiger partial charge in [-0.2, -0.15) is 0 Å². The summed E-state index contributed by atoms with van der Waals surface area (Å²) in [4.78, 5) is 13.8. The molecule has 0 aliphatic carbocycles. The summed E-state index contributed by atoms with van der Waals surface area (Å²) in [7, 11) is 0. The first-order chi connectivity index (χ1) is 8.32. The van der Waals surface area contributed by atoms with Gasteiger partial charge in [-0.3, -0.25) is 4.79 Å². The van der Waals surface area contributed by atoms with Crippen LogP contribution in [0.1, 0.15) is 33.3 Å². The van der Waals surface area contributed by atoms with Crippen molar-refractivity contribution in [1.29, 1.82) is 0 Å². The number of nitrogens with zero attached hydrogens (tertiary/aromatic N) is 1. The molecule has 0 saturated heterocycles. The molecule has 0 unspecified atom stereocenters. The van der Waals surface area contributed by atoms with Crippen molar-refractivity contribution >= 4 is 5.91 Å². The van der Waals surface area contributed by atoms with Gasteiger partial charge in [0, 0.05) is 18.2 Å². The second-order valence-electron chi connectivity index (χ2n) is 4.90. The maximum absolute atomic E-state index is 13.5. The number of carbonyl (C=O) groups excluding carboxylic acids is 1. The largest absolute Gasteiger partial charge is 0.338 e. The number of hydrogen-bond donors (Lipinski definition) is 0. The Morgan fingerprint density at radius 3 is 2.17 bits per heavy atom. The van der Waals surface area contributed by atoms with Crippen molar-refractivity contribution in [2.75, 3.05) is 0 Å². The first-order valence-electron chi connectivity index (χ1n) is 6.08. The Labute approximate surface area is 107 Å². The van der Waals surface area contributed by atoms with E-state index in [9.17, 15) is 13.6 Å². The van der Waals surface area contributed by atoms with Gasteiger partial charge in [-0.05, 0) is 39.3 Å². The van der Waals surface area contributed by atoms with E-state index < -0.39 is 11.6 Å². The molecular formula is C14H19F2NO. The van der Waals surface area contributed by atoms with E-state index >= 15 is 0 Å². The third-order valence-corrected chi connectivity index (χ3v) is 2.76. The van der Waals surface area contributed by atoms with Gasteiger partial charge in [0.05, 0.1) is 6.42 Å². The van der Waals surface area contributed by atoms with Crippen LogP contribution in [0.5, 0.6) is 0 Å². The van der Waals surface area contributed by atoms with Crippen molar-refractivity contribution in [3.63, 3.8) is 0 Å². The highest BCUT2D eigenvalue weighted by Crippen LogP contribution is 2.14. The summed E-state index contributed by atoms with van der Waals surface area (Å²) < 4.78 is 26.2. The first-order valence-corrected chi connectivity index (χ1v) is 6.08. The normalized spacial score (nSPS) is 11.1. The topological polar surface area (TPSA) is 20.3 Å². The first kappa shape index (κ1) is 14.6. The number of rotatable bonds is 4. The molecule has 1 rings (SSSR count). The van der Waals surface area contributed by atoms with Crippen LogP contribution in [0.4, 0.5) is 8.78 Å². The molecule has 0 fully saturated rings. The van der Waals surface area contributed by atoms with Crippen LogP contribution in [-0.4, -0.2) is 22.9 Å². The predicted molar refractivity (Wildman–Crippen MR) is 67.2 cm³/mol. The molecule has 0 aromatic heterocycles. The van der Waals surface area contributed by atoms with Crippen LogP contribution in [0.3, 0.4) is 0 Å². The molecule has 4 heteroatoms. The quantitative estimate of drug-likeness (QED) is 0.809. The van der Waals surface area contributed by atoms with Gasteiger partial charge in [-0.15, -0.1) is 0 Å². The van der Waals surface area contributed by atoms with Gasteiger partial charge in [-0.25, -0.2) is 8.78 Å². The van der Waals surface area contributed by atoms with E-state index in [-0.39, 0.29) is 30.0 Å². The Morgan fingerprint density at radius 2 is 1.72 bits per heavy atom. The van der Waals surface area contributed by atoms with Gasteiger partial charge in [0.15, 0.2) is 0 Å². The Kier molecular flexibility index (Phi) is 4.82. The molecule has 0 heterocycles. The van der Waals surface area contributed by atoms with Gasteiger partial charge < -0.3 is 4.90 Å². The van der Waals surface area contributed by atoms with E-state index in [1.54, 1.807) is 4.90 Å². The average molecular weight is 255 g/mol. The monoisotopic (exact) mass is 255 g/mol. The summed E-state index contributed by atoms with van der Waals surface area (Å²) in [6.45, 7) is 7.66. The van der Waals surface area contributed by atoms with E-state index in [4.69, 9.17) is 0 Å². The van der Waals surface area contributed by atoms with Crippen LogP contribution in [0.25, 0.3) is 0 Å². The predicted octanol–water partition coefficient (Wildman–Crippen LogP) is 3.15. The fourth-order valence-electron chi connectivity index (χ4n) is 2.09. The molecule has 100 valence electrons. The summed E-state index contributed by atoms with van der Waals surface area (Å²) in [6.07, 6.45) is -0.0392. The van der Waals surface area contributed by atoms with E-state index in [2.05, 4.69) is 0 Å². The Morgan fingerprint density at radius 1 is 1.17 bits per heavy atom. The zero-order valence-corrected chi connectivity index (χ0v) is 11.2. The molecule has 1 amide bonds. The van der Waals surface area contributed by atoms with Crippen LogP contribution < -0.4 is 0 Å². The van der Waals surface area contributed by atoms with Crippen molar-refractivity contribution in [2.24, 2.45) is 0 Å². The molecule has 1 aromatic carbocycles. The van der Waals surface area contributed by atoms with Crippen molar-refractivity contribution in [1.82, 2.24) is 4.90 Å². The highest BCUT2D eigenvalue weighted by atomic mass is 19.1. The SMILES string of the molecule is CC(C)N(C(=O)Cc1ccc(F)cc1F)C(C)C. The second-order valence-corrected chi connectivity index (χ2v) is 4.90. The van der Waals surface area contributed by atoms with Gasteiger partial charge in [0.25, 0.3) is 0 Å². The molecule has 0 radical (unpaired) electrons. The molecule has 0 bridgehead atoms. The Balaban J connectivity index is 2.86. The minimum atomic E-state index is -0.671. The van der Waals surface area contributed by atoms with E-state index in [0.29, 0.717) is 0 Å². The minimum absolute atomic E-state index is 0.0392. The molecule has 18 heavy (non-hydrogen) atoms. The molecule has 0 spiro atoms. The van der Waals surface area contributed by atoms with Gasteiger partial charge in [-0.1, -0.05) is 6.07 Å². The molecular weight excluding hydrogens is 236 g/mol. The average Bonchev–Trinajstić information content (AvgIpc) is 2.21.